The lowest BCUT2D eigenvalue weighted by Crippen LogP contribution is -2.30. The van der Waals surface area contributed by atoms with Crippen LogP contribution in [-0.2, 0) is 9.53 Å². The first-order valence-electron chi connectivity index (χ1n) is 9.91. The molecule has 4 rings (SSSR count). The van der Waals surface area contributed by atoms with Gasteiger partial charge in [-0.05, 0) is 37.3 Å². The lowest BCUT2D eigenvalue weighted by molar-refractivity contribution is -0.123. The highest BCUT2D eigenvalue weighted by Crippen LogP contribution is 2.32. The van der Waals surface area contributed by atoms with Crippen LogP contribution in [0.4, 0.5) is 5.69 Å². The Morgan fingerprint density at radius 3 is 2.56 bits per heavy atom. The number of carbonyl (C=O) groups excluding carboxylic acids is 4. The molecule has 1 N–H and O–H groups in total. The molecule has 1 atom stereocenters. The van der Waals surface area contributed by atoms with Gasteiger partial charge in [0.15, 0.2) is 17.6 Å². The predicted molar refractivity (Wildman–Crippen MR) is 113 cm³/mol. The van der Waals surface area contributed by atoms with Crippen LogP contribution in [0.15, 0.2) is 49.1 Å². The number of rotatable bonds is 6. The third-order valence-corrected chi connectivity index (χ3v) is 4.98. The summed E-state index contributed by atoms with van der Waals surface area (Å²) in [6.45, 7) is 5.91. The van der Waals surface area contributed by atoms with E-state index in [0.717, 1.165) is 4.90 Å². The van der Waals surface area contributed by atoms with Gasteiger partial charge < -0.3 is 19.5 Å². The maximum absolute atomic E-state index is 12.5. The second-order valence-corrected chi connectivity index (χ2v) is 7.17. The first-order valence-corrected chi connectivity index (χ1v) is 9.91. The average molecular weight is 436 g/mol. The number of hydrogen-bond acceptors (Lipinski definition) is 7. The predicted octanol–water partition coefficient (Wildman–Crippen LogP) is 2.42. The van der Waals surface area contributed by atoms with E-state index in [0.29, 0.717) is 30.4 Å². The summed E-state index contributed by atoms with van der Waals surface area (Å²) < 4.78 is 16.2. The zero-order chi connectivity index (χ0) is 22.8. The maximum Gasteiger partial charge on any atom is 0.338 e. The standard InChI is InChI=1S/C23H20N2O7/c1-3-8-25-21(27)16-6-4-14(11-17(16)22(25)28)23(29)32-13(2)20(26)24-15-5-7-18-19(12-15)31-10-9-30-18/h3-7,11-13H,1,8-10H2,2H3,(H,24,26)/t13-/m1/s1. The molecule has 0 aliphatic carbocycles. The summed E-state index contributed by atoms with van der Waals surface area (Å²) in [5.74, 6) is -1.19. The Morgan fingerprint density at radius 1 is 1.09 bits per heavy atom. The Bertz CT molecular complexity index is 1140. The second-order valence-electron chi connectivity index (χ2n) is 7.17. The fraction of sp³-hybridized carbons (Fsp3) is 0.217. The third kappa shape index (κ3) is 3.92. The SMILES string of the molecule is C=CCN1C(=O)c2ccc(C(=O)O[C@H](C)C(=O)Nc3ccc4c(c3)OCCO4)cc2C1=O. The van der Waals surface area contributed by atoms with Crippen molar-refractivity contribution in [1.82, 2.24) is 4.90 Å². The molecule has 2 aliphatic rings. The number of anilines is 1. The largest absolute Gasteiger partial charge is 0.486 e. The van der Waals surface area contributed by atoms with Gasteiger partial charge in [0.05, 0.1) is 16.7 Å². The molecule has 0 spiro atoms. The topological polar surface area (TPSA) is 111 Å². The molecule has 2 aliphatic heterocycles. The first kappa shape index (κ1) is 21.1. The summed E-state index contributed by atoms with van der Waals surface area (Å²) in [4.78, 5) is 50.8. The van der Waals surface area contributed by atoms with Gasteiger partial charge in [0.1, 0.15) is 13.2 Å². The molecule has 0 unspecified atom stereocenters. The van der Waals surface area contributed by atoms with Gasteiger partial charge >= 0.3 is 5.97 Å². The smallest absolute Gasteiger partial charge is 0.338 e. The molecule has 0 radical (unpaired) electrons. The molecule has 9 heteroatoms. The van der Waals surface area contributed by atoms with Gasteiger partial charge in [-0.1, -0.05) is 6.08 Å². The van der Waals surface area contributed by atoms with E-state index < -0.39 is 29.8 Å². The van der Waals surface area contributed by atoms with Gasteiger partial charge in [0, 0.05) is 18.3 Å². The van der Waals surface area contributed by atoms with Crippen molar-refractivity contribution >= 4 is 29.4 Å². The van der Waals surface area contributed by atoms with Crippen LogP contribution in [0.1, 0.15) is 38.0 Å². The molecule has 2 aromatic carbocycles. The molecule has 164 valence electrons. The van der Waals surface area contributed by atoms with Crippen molar-refractivity contribution in [3.8, 4) is 11.5 Å². The van der Waals surface area contributed by atoms with Crippen LogP contribution in [0.3, 0.4) is 0 Å². The van der Waals surface area contributed by atoms with Crippen LogP contribution in [0.5, 0.6) is 11.5 Å². The zero-order valence-electron chi connectivity index (χ0n) is 17.3. The summed E-state index contributed by atoms with van der Waals surface area (Å²) in [5.41, 5.74) is 0.841. The lowest BCUT2D eigenvalue weighted by atomic mass is 10.1. The minimum Gasteiger partial charge on any atom is -0.486 e. The van der Waals surface area contributed by atoms with E-state index in [9.17, 15) is 19.2 Å². The van der Waals surface area contributed by atoms with Crippen LogP contribution in [-0.4, -0.2) is 54.5 Å². The van der Waals surface area contributed by atoms with Gasteiger partial charge in [0.25, 0.3) is 17.7 Å². The highest BCUT2D eigenvalue weighted by Gasteiger charge is 2.35. The first-order chi connectivity index (χ1) is 15.4. The molecular weight excluding hydrogens is 416 g/mol. The van der Waals surface area contributed by atoms with Gasteiger partial charge in [-0.3, -0.25) is 19.3 Å². The highest BCUT2D eigenvalue weighted by molar-refractivity contribution is 6.22. The number of ether oxygens (including phenoxy) is 3. The average Bonchev–Trinajstić information content (AvgIpc) is 3.03. The van der Waals surface area contributed by atoms with E-state index in [1.807, 2.05) is 0 Å². The minimum atomic E-state index is -1.11. The minimum absolute atomic E-state index is 0.0596. The van der Waals surface area contributed by atoms with Crippen molar-refractivity contribution in [2.24, 2.45) is 0 Å². The monoisotopic (exact) mass is 436 g/mol. The molecular formula is C23H20N2O7. The van der Waals surface area contributed by atoms with Gasteiger partial charge in [-0.25, -0.2) is 4.79 Å². The summed E-state index contributed by atoms with van der Waals surface area (Å²) in [6, 6.07) is 9.03. The van der Waals surface area contributed by atoms with E-state index in [4.69, 9.17) is 14.2 Å². The number of esters is 1. The molecule has 32 heavy (non-hydrogen) atoms. The van der Waals surface area contributed by atoms with Crippen molar-refractivity contribution in [3.63, 3.8) is 0 Å². The number of nitrogens with one attached hydrogen (secondary N) is 1. The van der Waals surface area contributed by atoms with Crippen LogP contribution >= 0.6 is 0 Å². The van der Waals surface area contributed by atoms with Gasteiger partial charge in [-0.2, -0.15) is 0 Å². The third-order valence-electron chi connectivity index (χ3n) is 4.98. The number of hydrogen-bond donors (Lipinski definition) is 1. The van der Waals surface area contributed by atoms with E-state index in [-0.39, 0.29) is 23.2 Å². The molecule has 0 bridgehead atoms. The number of carbonyl (C=O) groups is 4. The van der Waals surface area contributed by atoms with E-state index in [1.54, 1.807) is 18.2 Å². The Labute approximate surface area is 183 Å². The Kier molecular flexibility index (Phi) is 5.63. The number of nitrogens with zero attached hydrogens (tertiary/aromatic N) is 1. The number of amides is 3. The molecule has 0 saturated heterocycles. The van der Waals surface area contributed by atoms with Gasteiger partial charge in [0.2, 0.25) is 0 Å². The zero-order valence-corrected chi connectivity index (χ0v) is 17.3. The van der Waals surface area contributed by atoms with Crippen molar-refractivity contribution in [1.29, 1.82) is 0 Å². The maximum atomic E-state index is 12.5. The normalized spacial score (nSPS) is 15.1. The molecule has 2 heterocycles. The van der Waals surface area contributed by atoms with Crippen LogP contribution in [0.2, 0.25) is 0 Å². The highest BCUT2D eigenvalue weighted by atomic mass is 16.6. The molecule has 0 saturated carbocycles. The Hall–Kier alpha value is -4.14. The van der Waals surface area contributed by atoms with Crippen molar-refractivity contribution in [3.05, 3.63) is 65.7 Å². The number of imide groups is 1. The molecule has 0 aromatic heterocycles. The lowest BCUT2D eigenvalue weighted by Gasteiger charge is -2.19. The van der Waals surface area contributed by atoms with Crippen molar-refractivity contribution < 1.29 is 33.4 Å². The van der Waals surface area contributed by atoms with Gasteiger partial charge in [-0.15, -0.1) is 6.58 Å². The fourth-order valence-electron chi connectivity index (χ4n) is 3.36. The van der Waals surface area contributed by atoms with E-state index in [1.165, 1.54) is 31.2 Å². The fourth-order valence-corrected chi connectivity index (χ4v) is 3.36. The van der Waals surface area contributed by atoms with E-state index >= 15 is 0 Å². The van der Waals surface area contributed by atoms with Crippen LogP contribution in [0, 0.1) is 0 Å². The summed E-state index contributed by atoms with van der Waals surface area (Å²) in [5, 5.41) is 2.66. The molecule has 2 aromatic rings. The quantitative estimate of drug-likeness (QED) is 0.421. The number of fused-ring (bicyclic) bond motifs is 2. The van der Waals surface area contributed by atoms with E-state index in [2.05, 4.69) is 11.9 Å². The second kappa shape index (κ2) is 8.54. The Balaban J connectivity index is 1.42. The number of benzene rings is 2. The molecule has 3 amide bonds. The van der Waals surface area contributed by atoms with Crippen LogP contribution < -0.4 is 14.8 Å². The summed E-state index contributed by atoms with van der Waals surface area (Å²) in [7, 11) is 0. The summed E-state index contributed by atoms with van der Waals surface area (Å²) in [6.07, 6.45) is 0.331. The Morgan fingerprint density at radius 2 is 1.81 bits per heavy atom. The summed E-state index contributed by atoms with van der Waals surface area (Å²) >= 11 is 0. The molecule has 0 fully saturated rings. The van der Waals surface area contributed by atoms with Crippen molar-refractivity contribution in [2.45, 2.75) is 13.0 Å². The molecule has 9 nitrogen and oxygen atoms in total. The van der Waals surface area contributed by atoms with Crippen molar-refractivity contribution in [2.75, 3.05) is 25.1 Å². The van der Waals surface area contributed by atoms with Crippen LogP contribution in [0.25, 0.3) is 0 Å².